The predicted molar refractivity (Wildman–Crippen MR) is 148 cm³/mol. The minimum atomic E-state index is -1.11. The molecule has 2 aromatic rings. The predicted octanol–water partition coefficient (Wildman–Crippen LogP) is 4.64. The molecule has 0 saturated heterocycles. The fourth-order valence-electron chi connectivity index (χ4n) is 5.75. The summed E-state index contributed by atoms with van der Waals surface area (Å²) in [6.07, 6.45) is 0.315. The number of carbonyl (C=O) groups excluding carboxylic acids is 3. The van der Waals surface area contributed by atoms with E-state index in [2.05, 4.69) is 0 Å². The largest absolute Gasteiger partial charge is 0.497 e. The number of ether oxygens (including phenoxy) is 5. The van der Waals surface area contributed by atoms with Gasteiger partial charge in [-0.15, -0.1) is 0 Å². The highest BCUT2D eigenvalue weighted by Crippen LogP contribution is 2.50. The molecule has 1 heterocycles. The highest BCUT2D eigenvalue weighted by atomic mass is 16.5. The molecule has 0 aromatic heterocycles. The first-order valence-corrected chi connectivity index (χ1v) is 13.3. The molecule has 0 bridgehead atoms. The van der Waals surface area contributed by atoms with E-state index >= 15 is 0 Å². The Bertz CT molecular complexity index is 1360. The van der Waals surface area contributed by atoms with Crippen LogP contribution < -0.4 is 14.2 Å². The lowest BCUT2D eigenvalue weighted by atomic mass is 9.62. The number of fused-ring (bicyclic) bond motifs is 1. The number of aliphatic imine (C=N–C) groups is 1. The van der Waals surface area contributed by atoms with E-state index in [0.29, 0.717) is 40.6 Å². The quantitative estimate of drug-likeness (QED) is 0.329. The lowest BCUT2D eigenvalue weighted by Gasteiger charge is -2.41. The third-order valence-corrected chi connectivity index (χ3v) is 7.48. The molecule has 1 aliphatic carbocycles. The molecule has 0 radical (unpaired) electrons. The van der Waals surface area contributed by atoms with E-state index in [4.69, 9.17) is 28.7 Å². The van der Waals surface area contributed by atoms with Gasteiger partial charge in [0.1, 0.15) is 23.2 Å². The molecule has 9 nitrogen and oxygen atoms in total. The van der Waals surface area contributed by atoms with Crippen molar-refractivity contribution in [3.8, 4) is 17.2 Å². The van der Waals surface area contributed by atoms with Crippen LogP contribution in [0.25, 0.3) is 0 Å². The van der Waals surface area contributed by atoms with Crippen molar-refractivity contribution >= 4 is 23.4 Å². The van der Waals surface area contributed by atoms with Crippen LogP contribution in [0.4, 0.5) is 0 Å². The van der Waals surface area contributed by atoms with Crippen molar-refractivity contribution in [2.24, 2.45) is 16.8 Å². The summed E-state index contributed by atoms with van der Waals surface area (Å²) in [4.78, 5) is 46.0. The number of carbonyl (C=O) groups is 3. The average Bonchev–Trinajstić information content (AvgIpc) is 2.96. The number of hydrogen-bond donors (Lipinski definition) is 0. The maximum atomic E-state index is 14.5. The second kappa shape index (κ2) is 12.4. The molecular formula is C31H35NO8. The van der Waals surface area contributed by atoms with Gasteiger partial charge >= 0.3 is 11.9 Å². The maximum absolute atomic E-state index is 14.5. The van der Waals surface area contributed by atoms with Crippen LogP contribution in [0.1, 0.15) is 50.2 Å². The summed E-state index contributed by atoms with van der Waals surface area (Å²) in [6.45, 7) is 5.44. The van der Waals surface area contributed by atoms with E-state index in [0.717, 1.165) is 5.56 Å². The molecule has 2 aliphatic rings. The van der Waals surface area contributed by atoms with Crippen molar-refractivity contribution in [2.45, 2.75) is 39.0 Å². The molecule has 40 heavy (non-hydrogen) atoms. The summed E-state index contributed by atoms with van der Waals surface area (Å²) in [6, 6.07) is 12.5. The standard InChI is InChI=1S/C31H35NO8/c1-7-39-30(34)25-17(3)32-23-16-22(18-10-9-11-19(14-18)36-4)27(31(35)40-8-2)29(33)28(23)26(25)21-13-12-20(37-5)15-24(21)38-6/h9-15,22,26-28H,7-8,16H2,1-6H3/t22-,26-,27-,28?/m1/s1. The Morgan fingerprint density at radius 2 is 1.60 bits per heavy atom. The van der Waals surface area contributed by atoms with Gasteiger partial charge in [0.25, 0.3) is 0 Å². The topological polar surface area (TPSA) is 110 Å². The van der Waals surface area contributed by atoms with Crippen LogP contribution in [0.5, 0.6) is 17.2 Å². The van der Waals surface area contributed by atoms with Crippen molar-refractivity contribution in [3.05, 3.63) is 64.9 Å². The SMILES string of the molecule is CCOC(=O)C1=C(C)N=C2C[C@H](c3cccc(OC)c3)[C@@H](C(=O)OCC)C(=O)C2[C@@H]1c1ccc(OC)cc1OC. The first kappa shape index (κ1) is 28.9. The summed E-state index contributed by atoms with van der Waals surface area (Å²) >= 11 is 0. The number of rotatable bonds is 9. The van der Waals surface area contributed by atoms with Gasteiger partial charge in [-0.05, 0) is 51.0 Å². The molecule has 1 saturated carbocycles. The Kier molecular flexibility index (Phi) is 8.92. The van der Waals surface area contributed by atoms with Crippen LogP contribution in [0.15, 0.2) is 58.7 Å². The number of esters is 2. The number of nitrogens with zero attached hydrogens (tertiary/aromatic N) is 1. The smallest absolute Gasteiger partial charge is 0.336 e. The molecule has 212 valence electrons. The monoisotopic (exact) mass is 549 g/mol. The van der Waals surface area contributed by atoms with E-state index in [1.165, 1.54) is 7.11 Å². The van der Waals surface area contributed by atoms with Crippen LogP contribution in [0.2, 0.25) is 0 Å². The van der Waals surface area contributed by atoms with E-state index in [1.54, 1.807) is 59.3 Å². The molecule has 2 aromatic carbocycles. The van der Waals surface area contributed by atoms with Crippen LogP contribution in [0, 0.1) is 11.8 Å². The van der Waals surface area contributed by atoms with Gasteiger partial charge < -0.3 is 23.7 Å². The minimum absolute atomic E-state index is 0.127. The summed E-state index contributed by atoms with van der Waals surface area (Å²) in [5.41, 5.74) is 2.67. The molecule has 0 N–H and O–H groups in total. The zero-order valence-corrected chi connectivity index (χ0v) is 23.7. The van der Waals surface area contributed by atoms with E-state index in [-0.39, 0.29) is 24.6 Å². The first-order chi connectivity index (χ1) is 19.3. The minimum Gasteiger partial charge on any atom is -0.497 e. The summed E-state index contributed by atoms with van der Waals surface area (Å²) < 4.78 is 27.3. The van der Waals surface area contributed by atoms with Gasteiger partial charge in [0, 0.05) is 34.9 Å². The Morgan fingerprint density at radius 1 is 0.900 bits per heavy atom. The van der Waals surface area contributed by atoms with Gasteiger partial charge in [0.2, 0.25) is 0 Å². The normalized spacial score (nSPS) is 22.1. The highest BCUT2D eigenvalue weighted by molar-refractivity contribution is 6.18. The van der Waals surface area contributed by atoms with Crippen molar-refractivity contribution in [2.75, 3.05) is 34.5 Å². The van der Waals surface area contributed by atoms with Crippen molar-refractivity contribution < 1.29 is 38.1 Å². The lowest BCUT2D eigenvalue weighted by Crippen LogP contribution is -2.48. The van der Waals surface area contributed by atoms with Crippen LogP contribution in [-0.4, -0.2) is 58.0 Å². The highest BCUT2D eigenvalue weighted by Gasteiger charge is 2.53. The van der Waals surface area contributed by atoms with Crippen molar-refractivity contribution in [1.82, 2.24) is 0 Å². The Hall–Kier alpha value is -4.14. The Morgan fingerprint density at radius 3 is 2.25 bits per heavy atom. The van der Waals surface area contributed by atoms with Gasteiger partial charge in [-0.2, -0.15) is 0 Å². The number of benzene rings is 2. The molecule has 4 rings (SSSR count). The molecule has 4 atom stereocenters. The summed E-state index contributed by atoms with van der Waals surface area (Å²) in [5.74, 6) is -3.25. The number of allylic oxidation sites excluding steroid dienone is 1. The first-order valence-electron chi connectivity index (χ1n) is 13.3. The van der Waals surface area contributed by atoms with E-state index in [9.17, 15) is 14.4 Å². The molecule has 1 fully saturated rings. The van der Waals surface area contributed by atoms with Gasteiger partial charge in [-0.25, -0.2) is 4.79 Å². The number of ketones is 1. The van der Waals surface area contributed by atoms with Gasteiger partial charge in [0.15, 0.2) is 5.78 Å². The second-order valence-corrected chi connectivity index (χ2v) is 9.61. The molecule has 1 aliphatic heterocycles. The fourth-order valence-corrected chi connectivity index (χ4v) is 5.75. The molecular weight excluding hydrogens is 514 g/mol. The zero-order valence-electron chi connectivity index (χ0n) is 23.7. The molecule has 0 spiro atoms. The van der Waals surface area contributed by atoms with Gasteiger partial charge in [0.05, 0.1) is 46.0 Å². The Balaban J connectivity index is 1.93. The van der Waals surface area contributed by atoms with Gasteiger partial charge in [-0.3, -0.25) is 14.6 Å². The third kappa shape index (κ3) is 5.33. The molecule has 9 heteroatoms. The number of hydrogen-bond acceptors (Lipinski definition) is 9. The fraction of sp³-hybridized carbons (Fsp3) is 0.419. The Labute approximate surface area is 234 Å². The average molecular weight is 550 g/mol. The van der Waals surface area contributed by atoms with E-state index < -0.39 is 35.6 Å². The zero-order chi connectivity index (χ0) is 29.0. The van der Waals surface area contributed by atoms with Crippen molar-refractivity contribution in [1.29, 1.82) is 0 Å². The van der Waals surface area contributed by atoms with Gasteiger partial charge in [-0.1, -0.05) is 18.2 Å². The number of methoxy groups -OCH3 is 3. The summed E-state index contributed by atoms with van der Waals surface area (Å²) in [5, 5.41) is 0. The van der Waals surface area contributed by atoms with E-state index in [1.807, 2.05) is 18.2 Å². The van der Waals surface area contributed by atoms with Crippen LogP contribution in [0.3, 0.4) is 0 Å². The third-order valence-electron chi connectivity index (χ3n) is 7.48. The molecule has 0 amide bonds. The van der Waals surface area contributed by atoms with Crippen LogP contribution >= 0.6 is 0 Å². The van der Waals surface area contributed by atoms with Crippen LogP contribution in [-0.2, 0) is 23.9 Å². The maximum Gasteiger partial charge on any atom is 0.336 e. The summed E-state index contributed by atoms with van der Waals surface area (Å²) in [7, 11) is 4.62. The second-order valence-electron chi connectivity index (χ2n) is 9.61. The molecule has 1 unspecified atom stereocenters. The van der Waals surface area contributed by atoms with Crippen molar-refractivity contribution in [3.63, 3.8) is 0 Å². The number of Topliss-reactive ketones (excluding diaryl/α,β-unsaturated/α-hetero) is 1. The lowest BCUT2D eigenvalue weighted by molar-refractivity contribution is -0.153.